The van der Waals surface area contributed by atoms with Gasteiger partial charge in [0.1, 0.15) is 11.4 Å². The highest BCUT2D eigenvalue weighted by Crippen LogP contribution is 2.30. The minimum atomic E-state index is -0.393. The highest BCUT2D eigenvalue weighted by molar-refractivity contribution is 5.78. The first-order chi connectivity index (χ1) is 11.1. The largest absolute Gasteiger partial charge is 0.466 e. The van der Waals surface area contributed by atoms with E-state index >= 15 is 0 Å². The Morgan fingerprint density at radius 2 is 1.61 bits per heavy atom. The topological polar surface area (TPSA) is 66.9 Å². The van der Waals surface area contributed by atoms with Crippen molar-refractivity contribution in [1.29, 1.82) is 0 Å². The summed E-state index contributed by atoms with van der Waals surface area (Å²) >= 11 is 0. The van der Waals surface area contributed by atoms with Gasteiger partial charge in [-0.15, -0.1) is 0 Å². The van der Waals surface area contributed by atoms with Crippen LogP contribution in [0.1, 0.15) is 39.0 Å². The van der Waals surface area contributed by atoms with E-state index < -0.39 is 5.43 Å². The fourth-order valence-corrected chi connectivity index (χ4v) is 3.70. The van der Waals surface area contributed by atoms with E-state index in [2.05, 4.69) is 4.90 Å². The predicted octanol–water partition coefficient (Wildman–Crippen LogP) is 1.05. The van der Waals surface area contributed by atoms with E-state index in [1.165, 1.54) is 6.42 Å². The van der Waals surface area contributed by atoms with Crippen LogP contribution < -0.4 is 20.7 Å². The summed E-state index contributed by atoms with van der Waals surface area (Å²) < 4.78 is 5.11. The van der Waals surface area contributed by atoms with Gasteiger partial charge >= 0.3 is 5.97 Å². The van der Waals surface area contributed by atoms with Gasteiger partial charge in [0.25, 0.3) is 10.9 Å². The molecule has 1 aromatic rings. The average molecular weight is 320 g/mol. The van der Waals surface area contributed by atoms with Crippen molar-refractivity contribution in [3.63, 3.8) is 0 Å². The molecule has 2 aliphatic heterocycles. The van der Waals surface area contributed by atoms with Crippen LogP contribution in [0.4, 0.5) is 11.4 Å². The summed E-state index contributed by atoms with van der Waals surface area (Å²) in [6, 6.07) is 0. The molecule has 2 aliphatic rings. The first-order valence-electron chi connectivity index (χ1n) is 8.63. The summed E-state index contributed by atoms with van der Waals surface area (Å²) in [4.78, 5) is 40.1. The lowest BCUT2D eigenvalue weighted by Crippen LogP contribution is -2.50. The summed E-state index contributed by atoms with van der Waals surface area (Å²) in [5.41, 5.74) is 0.361. The molecule has 0 radical (unpaired) electrons. The van der Waals surface area contributed by atoms with Crippen LogP contribution in [0.2, 0.25) is 0 Å². The minimum Gasteiger partial charge on any atom is -0.466 e. The van der Waals surface area contributed by atoms with Crippen molar-refractivity contribution in [2.45, 2.75) is 39.0 Å². The fraction of sp³-hybridized carbons (Fsp3) is 0.706. The second-order valence-electron chi connectivity index (χ2n) is 6.44. The number of nitrogens with zero attached hydrogens (tertiary/aromatic N) is 2. The van der Waals surface area contributed by atoms with Crippen molar-refractivity contribution in [3.05, 3.63) is 20.4 Å². The summed E-state index contributed by atoms with van der Waals surface area (Å²) in [5, 5.41) is 0. The van der Waals surface area contributed by atoms with Crippen LogP contribution in [0.15, 0.2) is 9.59 Å². The van der Waals surface area contributed by atoms with Gasteiger partial charge in [0.2, 0.25) is 0 Å². The molecule has 0 bridgehead atoms. The molecule has 2 fully saturated rings. The maximum atomic E-state index is 12.1. The van der Waals surface area contributed by atoms with Crippen molar-refractivity contribution in [3.8, 4) is 0 Å². The monoisotopic (exact) mass is 320 g/mol. The smallest absolute Gasteiger partial charge is 0.310 e. The number of hydrogen-bond donors (Lipinski definition) is 0. The van der Waals surface area contributed by atoms with E-state index in [1.807, 2.05) is 4.90 Å². The third kappa shape index (κ3) is 2.99. The average Bonchev–Trinajstić information content (AvgIpc) is 2.59. The Labute approximate surface area is 135 Å². The highest BCUT2D eigenvalue weighted by Gasteiger charge is 2.34. The van der Waals surface area contributed by atoms with Crippen LogP contribution in [0.3, 0.4) is 0 Å². The lowest BCUT2D eigenvalue weighted by atomic mass is 9.96. The first kappa shape index (κ1) is 16.0. The predicted molar refractivity (Wildman–Crippen MR) is 89.0 cm³/mol. The van der Waals surface area contributed by atoms with Crippen LogP contribution in [0.5, 0.6) is 0 Å². The minimum absolute atomic E-state index is 0.199. The maximum Gasteiger partial charge on any atom is 0.310 e. The molecule has 3 rings (SSSR count). The molecular weight excluding hydrogens is 296 g/mol. The van der Waals surface area contributed by atoms with Crippen LogP contribution in [0, 0.1) is 5.92 Å². The molecule has 126 valence electrons. The van der Waals surface area contributed by atoms with Crippen LogP contribution in [0.25, 0.3) is 0 Å². The first-order valence-corrected chi connectivity index (χ1v) is 8.63. The molecule has 6 heteroatoms. The zero-order valence-electron chi connectivity index (χ0n) is 13.7. The molecule has 2 heterocycles. The zero-order valence-corrected chi connectivity index (χ0v) is 13.7. The van der Waals surface area contributed by atoms with E-state index in [0.29, 0.717) is 24.5 Å². The molecular formula is C17H24N2O4. The van der Waals surface area contributed by atoms with Gasteiger partial charge in [0.15, 0.2) is 0 Å². The van der Waals surface area contributed by atoms with Crippen LogP contribution in [-0.2, 0) is 9.53 Å². The molecule has 0 aromatic heterocycles. The Balaban J connectivity index is 1.79. The van der Waals surface area contributed by atoms with E-state index in [9.17, 15) is 14.4 Å². The van der Waals surface area contributed by atoms with Gasteiger partial charge in [-0.2, -0.15) is 0 Å². The quantitative estimate of drug-likeness (QED) is 0.610. The number of piperidine rings is 2. The van der Waals surface area contributed by atoms with E-state index in [0.717, 1.165) is 45.3 Å². The number of rotatable bonds is 4. The molecule has 0 N–H and O–H groups in total. The molecule has 1 atom stereocenters. The van der Waals surface area contributed by atoms with Crippen molar-refractivity contribution in [1.82, 2.24) is 0 Å². The van der Waals surface area contributed by atoms with Gasteiger partial charge in [-0.25, -0.2) is 0 Å². The number of carbonyl (C=O) groups is 1. The number of esters is 1. The summed E-state index contributed by atoms with van der Waals surface area (Å²) in [6.07, 6.45) is 4.91. The lowest BCUT2D eigenvalue weighted by Gasteiger charge is -2.38. The lowest BCUT2D eigenvalue weighted by molar-refractivity contribution is -0.148. The number of carbonyl (C=O) groups excluding carboxylic acids is 1. The van der Waals surface area contributed by atoms with Gasteiger partial charge in [-0.05, 0) is 39.0 Å². The Morgan fingerprint density at radius 1 is 1.00 bits per heavy atom. The molecule has 0 amide bonds. The van der Waals surface area contributed by atoms with Gasteiger partial charge in [-0.3, -0.25) is 14.4 Å². The standard InChI is InChI=1S/C17H24N2O4/c1-2-23-17(22)12-7-6-10-19(11-12)14-13(15(20)16(14)21)18-8-4-3-5-9-18/h12H,2-11H2,1H3/t12-/m1/s1. The van der Waals surface area contributed by atoms with Gasteiger partial charge in [0, 0.05) is 26.2 Å². The van der Waals surface area contributed by atoms with Crippen molar-refractivity contribution >= 4 is 17.3 Å². The number of ether oxygens (including phenoxy) is 1. The van der Waals surface area contributed by atoms with Crippen LogP contribution in [-0.4, -0.2) is 38.8 Å². The van der Waals surface area contributed by atoms with Gasteiger partial charge < -0.3 is 14.5 Å². The molecule has 0 unspecified atom stereocenters. The molecule has 0 spiro atoms. The molecule has 2 saturated heterocycles. The van der Waals surface area contributed by atoms with Crippen molar-refractivity contribution in [2.75, 3.05) is 42.6 Å². The summed E-state index contributed by atoms with van der Waals surface area (Å²) in [6.45, 7) is 5.05. The zero-order chi connectivity index (χ0) is 16.4. The second kappa shape index (κ2) is 6.72. The number of anilines is 2. The second-order valence-corrected chi connectivity index (χ2v) is 6.44. The van der Waals surface area contributed by atoms with Crippen molar-refractivity contribution < 1.29 is 9.53 Å². The normalized spacial score (nSPS) is 22.4. The molecule has 6 nitrogen and oxygen atoms in total. The van der Waals surface area contributed by atoms with Gasteiger partial charge in [-0.1, -0.05) is 0 Å². The van der Waals surface area contributed by atoms with E-state index in [4.69, 9.17) is 4.74 Å². The molecule has 1 aromatic carbocycles. The fourth-order valence-electron chi connectivity index (χ4n) is 3.70. The molecule has 0 aliphatic carbocycles. The van der Waals surface area contributed by atoms with Crippen molar-refractivity contribution in [2.24, 2.45) is 5.92 Å². The Bertz CT molecular complexity index is 641. The third-order valence-electron chi connectivity index (χ3n) is 4.89. The maximum absolute atomic E-state index is 12.1. The van der Waals surface area contributed by atoms with Crippen LogP contribution >= 0.6 is 0 Å². The highest BCUT2D eigenvalue weighted by atomic mass is 16.5. The Kier molecular flexibility index (Phi) is 4.68. The van der Waals surface area contributed by atoms with E-state index in [1.54, 1.807) is 6.92 Å². The van der Waals surface area contributed by atoms with E-state index in [-0.39, 0.29) is 17.3 Å². The molecule has 23 heavy (non-hydrogen) atoms. The SMILES string of the molecule is CCOC(=O)[C@@H]1CCCN(c2c(N3CCCCC3)c(=O)c2=O)C1. The number of hydrogen-bond acceptors (Lipinski definition) is 6. The summed E-state index contributed by atoms with van der Waals surface area (Å²) in [7, 11) is 0. The third-order valence-corrected chi connectivity index (χ3v) is 4.89. The van der Waals surface area contributed by atoms with Gasteiger partial charge in [0.05, 0.1) is 12.5 Å². The Morgan fingerprint density at radius 3 is 2.26 bits per heavy atom. The Hall–Kier alpha value is -1.85. The summed E-state index contributed by atoms with van der Waals surface area (Å²) in [5.74, 6) is -0.405. The molecule has 0 saturated carbocycles.